The molecular formula is C27H24F3N7O. The minimum Gasteiger partial charge on any atom is -0.322 e. The summed E-state index contributed by atoms with van der Waals surface area (Å²) >= 11 is 0. The van der Waals surface area contributed by atoms with Crippen LogP contribution in [0.5, 0.6) is 0 Å². The molecule has 1 aliphatic heterocycles. The highest BCUT2D eigenvalue weighted by molar-refractivity contribution is 6.04. The highest BCUT2D eigenvalue weighted by Gasteiger charge is 2.34. The summed E-state index contributed by atoms with van der Waals surface area (Å²) in [5.41, 5.74) is 0.899. The molecule has 5 rings (SSSR count). The van der Waals surface area contributed by atoms with Gasteiger partial charge in [-0.1, -0.05) is 12.0 Å². The summed E-state index contributed by atoms with van der Waals surface area (Å²) in [5, 5.41) is 2.56. The molecular weight excluding hydrogens is 495 g/mol. The molecule has 1 aliphatic rings. The number of nitrogens with zero attached hydrogens (tertiary/aromatic N) is 6. The third kappa shape index (κ3) is 5.82. The van der Waals surface area contributed by atoms with Gasteiger partial charge in [-0.05, 0) is 36.7 Å². The number of aromatic nitrogens is 4. The number of alkyl halides is 3. The molecule has 4 aromatic rings. The maximum atomic E-state index is 13.9. The van der Waals surface area contributed by atoms with Crippen molar-refractivity contribution >= 4 is 17.1 Å². The third-order valence-corrected chi connectivity index (χ3v) is 6.32. The number of amides is 1. The first kappa shape index (κ1) is 25.4. The van der Waals surface area contributed by atoms with Crippen molar-refractivity contribution in [3.63, 3.8) is 0 Å². The van der Waals surface area contributed by atoms with Crippen LogP contribution in [0.4, 0.5) is 18.9 Å². The Bertz CT molecular complexity index is 1530. The molecule has 0 radical (unpaired) electrons. The molecule has 194 valence electrons. The van der Waals surface area contributed by atoms with E-state index in [1.807, 2.05) is 11.9 Å². The largest absolute Gasteiger partial charge is 0.416 e. The Labute approximate surface area is 217 Å². The van der Waals surface area contributed by atoms with E-state index in [1.165, 1.54) is 30.6 Å². The number of halogens is 3. The molecule has 0 atom stereocenters. The average Bonchev–Trinajstić information content (AvgIpc) is 3.32. The minimum atomic E-state index is -4.55. The standard InChI is InChI=1S/C27H24F3N7O/c1-35-8-10-36(11-9-35)18-20-3-4-22(13-24(20)27(28,29)30)34-26(38)21-12-19(14-32-15-21)2-5-25-33-17-23-16-31-6-7-37(23)25/h3-4,6-7,12-17H,8-11,18H2,1H3,(H,34,38). The second-order valence-electron chi connectivity index (χ2n) is 9.07. The molecule has 1 N–H and O–H groups in total. The molecule has 0 spiro atoms. The van der Waals surface area contributed by atoms with Crippen LogP contribution in [-0.4, -0.2) is 68.3 Å². The molecule has 38 heavy (non-hydrogen) atoms. The predicted molar refractivity (Wildman–Crippen MR) is 135 cm³/mol. The average molecular weight is 520 g/mol. The second kappa shape index (κ2) is 10.6. The first-order valence-electron chi connectivity index (χ1n) is 11.9. The molecule has 8 nitrogen and oxygen atoms in total. The number of carbonyl (C=O) groups is 1. The summed E-state index contributed by atoms with van der Waals surface area (Å²) in [6.45, 7) is 3.22. The Kier molecular flexibility index (Phi) is 7.09. The van der Waals surface area contributed by atoms with Gasteiger partial charge < -0.3 is 10.2 Å². The van der Waals surface area contributed by atoms with Gasteiger partial charge in [0.25, 0.3) is 5.91 Å². The quantitative estimate of drug-likeness (QED) is 0.416. The molecule has 0 unspecified atom stereocenters. The molecule has 1 amide bonds. The van der Waals surface area contributed by atoms with Gasteiger partial charge >= 0.3 is 6.18 Å². The van der Waals surface area contributed by atoms with Gasteiger partial charge in [0.15, 0.2) is 5.82 Å². The smallest absolute Gasteiger partial charge is 0.322 e. The lowest BCUT2D eigenvalue weighted by Crippen LogP contribution is -2.44. The number of likely N-dealkylation sites (N-methyl/N-ethyl adjacent to an activating group) is 1. The zero-order valence-electron chi connectivity index (χ0n) is 20.5. The molecule has 1 fully saturated rings. The number of fused-ring (bicyclic) bond motifs is 1. The first-order valence-corrected chi connectivity index (χ1v) is 11.9. The van der Waals surface area contributed by atoms with Crippen LogP contribution in [0.15, 0.2) is 61.4 Å². The zero-order valence-corrected chi connectivity index (χ0v) is 20.5. The van der Waals surface area contributed by atoms with Gasteiger partial charge in [0, 0.05) is 68.8 Å². The molecule has 0 bridgehead atoms. The number of hydrogen-bond donors (Lipinski definition) is 1. The van der Waals surface area contributed by atoms with Crippen molar-refractivity contribution in [2.75, 3.05) is 38.5 Å². The van der Waals surface area contributed by atoms with Gasteiger partial charge in [-0.15, -0.1) is 0 Å². The second-order valence-corrected chi connectivity index (χ2v) is 9.07. The lowest BCUT2D eigenvalue weighted by molar-refractivity contribution is -0.138. The van der Waals surface area contributed by atoms with E-state index in [1.54, 1.807) is 29.2 Å². The topological polar surface area (TPSA) is 78.7 Å². The van der Waals surface area contributed by atoms with Gasteiger partial charge in [-0.25, -0.2) is 4.98 Å². The normalized spacial score (nSPS) is 14.7. The Morgan fingerprint density at radius 2 is 1.84 bits per heavy atom. The van der Waals surface area contributed by atoms with E-state index in [9.17, 15) is 18.0 Å². The van der Waals surface area contributed by atoms with Crippen LogP contribution < -0.4 is 5.32 Å². The highest BCUT2D eigenvalue weighted by Crippen LogP contribution is 2.34. The molecule has 0 saturated carbocycles. The van der Waals surface area contributed by atoms with Crippen molar-refractivity contribution < 1.29 is 18.0 Å². The summed E-state index contributed by atoms with van der Waals surface area (Å²) in [6, 6.07) is 5.44. The van der Waals surface area contributed by atoms with Gasteiger partial charge in [0.05, 0.1) is 29.0 Å². The van der Waals surface area contributed by atoms with Crippen molar-refractivity contribution in [3.05, 3.63) is 89.5 Å². The van der Waals surface area contributed by atoms with E-state index in [4.69, 9.17) is 0 Å². The molecule has 11 heteroatoms. The number of benzene rings is 1. The van der Waals surface area contributed by atoms with Crippen molar-refractivity contribution in [3.8, 4) is 11.8 Å². The van der Waals surface area contributed by atoms with E-state index in [0.29, 0.717) is 24.5 Å². The Balaban J connectivity index is 1.32. The first-order chi connectivity index (χ1) is 18.3. The van der Waals surface area contributed by atoms with Crippen LogP contribution in [0.3, 0.4) is 0 Å². The summed E-state index contributed by atoms with van der Waals surface area (Å²) in [6.07, 6.45) is 4.94. The lowest BCUT2D eigenvalue weighted by atomic mass is 10.0. The summed E-state index contributed by atoms with van der Waals surface area (Å²) in [7, 11) is 1.99. The molecule has 4 heterocycles. The van der Waals surface area contributed by atoms with Crippen LogP contribution in [0, 0.1) is 11.8 Å². The van der Waals surface area contributed by atoms with Gasteiger partial charge in [0.2, 0.25) is 0 Å². The Morgan fingerprint density at radius 1 is 1.03 bits per heavy atom. The van der Waals surface area contributed by atoms with E-state index in [2.05, 4.69) is 37.0 Å². The predicted octanol–water partition coefficient (Wildman–Crippen LogP) is 3.54. The highest BCUT2D eigenvalue weighted by atomic mass is 19.4. The SMILES string of the molecule is CN1CCN(Cc2ccc(NC(=O)c3cncc(C#Cc4ncc5cnccn45)c3)cc2C(F)(F)F)CC1. The molecule has 1 aromatic carbocycles. The van der Waals surface area contributed by atoms with Crippen molar-refractivity contribution in [2.45, 2.75) is 12.7 Å². The number of rotatable bonds is 4. The van der Waals surface area contributed by atoms with Crippen molar-refractivity contribution in [1.29, 1.82) is 0 Å². The minimum absolute atomic E-state index is 0.0541. The Morgan fingerprint density at radius 3 is 2.63 bits per heavy atom. The van der Waals surface area contributed by atoms with Crippen LogP contribution in [0.25, 0.3) is 5.52 Å². The lowest BCUT2D eigenvalue weighted by Gasteiger charge is -2.33. The fraction of sp³-hybridized carbons (Fsp3) is 0.259. The molecule has 0 aliphatic carbocycles. The fourth-order valence-electron chi connectivity index (χ4n) is 4.21. The van der Waals surface area contributed by atoms with Crippen molar-refractivity contribution in [1.82, 2.24) is 29.2 Å². The Hall–Kier alpha value is -4.27. The number of nitrogens with one attached hydrogen (secondary N) is 1. The summed E-state index contributed by atoms with van der Waals surface area (Å²) < 4.78 is 43.4. The van der Waals surface area contributed by atoms with Crippen molar-refractivity contribution in [2.24, 2.45) is 0 Å². The maximum absolute atomic E-state index is 13.9. The number of hydrogen-bond acceptors (Lipinski definition) is 6. The monoisotopic (exact) mass is 519 g/mol. The summed E-state index contributed by atoms with van der Waals surface area (Å²) in [4.78, 5) is 29.3. The number of imidazole rings is 1. The number of pyridine rings is 1. The zero-order chi connectivity index (χ0) is 26.7. The van der Waals surface area contributed by atoms with E-state index in [0.717, 1.165) is 24.7 Å². The van der Waals surface area contributed by atoms with Crippen LogP contribution in [-0.2, 0) is 12.7 Å². The number of anilines is 1. The fourth-order valence-corrected chi connectivity index (χ4v) is 4.21. The maximum Gasteiger partial charge on any atom is 0.416 e. The molecule has 1 saturated heterocycles. The summed E-state index contributed by atoms with van der Waals surface area (Å²) in [5.74, 6) is 5.77. The van der Waals surface area contributed by atoms with Gasteiger partial charge in [-0.2, -0.15) is 13.2 Å². The number of carbonyl (C=O) groups excluding carboxylic acids is 1. The van der Waals surface area contributed by atoms with Crippen LogP contribution in [0.1, 0.15) is 32.9 Å². The van der Waals surface area contributed by atoms with Gasteiger partial charge in [-0.3, -0.25) is 24.1 Å². The van der Waals surface area contributed by atoms with Crippen LogP contribution >= 0.6 is 0 Å². The van der Waals surface area contributed by atoms with Gasteiger partial charge in [0.1, 0.15) is 0 Å². The van der Waals surface area contributed by atoms with E-state index < -0.39 is 17.6 Å². The van der Waals surface area contributed by atoms with E-state index in [-0.39, 0.29) is 23.4 Å². The third-order valence-electron chi connectivity index (χ3n) is 6.32. The molecule has 3 aromatic heterocycles. The van der Waals surface area contributed by atoms with E-state index >= 15 is 0 Å². The van der Waals surface area contributed by atoms with Crippen LogP contribution in [0.2, 0.25) is 0 Å². The number of piperazine rings is 1.